The number of aryl methyl sites for hydroxylation is 1. The van der Waals surface area contributed by atoms with Crippen LogP contribution in [0.1, 0.15) is 56.5 Å². The molecular weight excluding hydrogens is 577 g/mol. The lowest BCUT2D eigenvalue weighted by atomic mass is 10.0. The van der Waals surface area contributed by atoms with Crippen molar-refractivity contribution in [3.63, 3.8) is 0 Å². The first-order chi connectivity index (χ1) is 21.4. The Kier molecular flexibility index (Phi) is 7.72. The largest absolute Gasteiger partial charge is 0.334 e. The van der Waals surface area contributed by atoms with E-state index in [4.69, 9.17) is 0 Å². The van der Waals surface area contributed by atoms with Gasteiger partial charge in [0.2, 0.25) is 0 Å². The number of amides is 2. The first kappa shape index (κ1) is 28.4. The molecule has 0 spiro atoms. The highest BCUT2D eigenvalue weighted by molar-refractivity contribution is 7.13. The van der Waals surface area contributed by atoms with Crippen LogP contribution in [0, 0.1) is 17.7 Å². The molecule has 4 aromatic rings. The van der Waals surface area contributed by atoms with Gasteiger partial charge < -0.3 is 14.4 Å². The van der Waals surface area contributed by atoms with Crippen LogP contribution in [0.5, 0.6) is 0 Å². The van der Waals surface area contributed by atoms with Crippen LogP contribution in [0.25, 0.3) is 0 Å². The number of hydrogen-bond donors (Lipinski definition) is 1. The molecule has 0 aliphatic carbocycles. The molecule has 2 amide bonds. The average molecular weight is 610 g/mol. The maximum absolute atomic E-state index is 15.5. The monoisotopic (exact) mass is 609 g/mol. The highest BCUT2D eigenvalue weighted by Crippen LogP contribution is 2.36. The van der Waals surface area contributed by atoms with Crippen LogP contribution in [-0.2, 0) is 30.8 Å². The molecule has 9 nitrogen and oxygen atoms in total. The number of piperazine rings is 1. The molecule has 2 aromatic heterocycles. The van der Waals surface area contributed by atoms with Crippen molar-refractivity contribution < 1.29 is 14.0 Å². The third-order valence-corrected chi connectivity index (χ3v) is 9.28. The van der Waals surface area contributed by atoms with Crippen molar-refractivity contribution in [3.05, 3.63) is 99.3 Å². The molecule has 3 aliphatic rings. The van der Waals surface area contributed by atoms with E-state index in [0.717, 1.165) is 63.4 Å². The third kappa shape index (κ3) is 5.64. The Balaban J connectivity index is 1.11. The molecule has 1 fully saturated rings. The predicted octanol–water partition coefficient (Wildman–Crippen LogP) is 3.91. The summed E-state index contributed by atoms with van der Waals surface area (Å²) in [5, 5.41) is 5.01. The van der Waals surface area contributed by atoms with Gasteiger partial charge in [-0.25, -0.2) is 14.4 Å². The van der Waals surface area contributed by atoms with Gasteiger partial charge in [-0.2, -0.15) is 0 Å². The van der Waals surface area contributed by atoms with Gasteiger partial charge in [-0.15, -0.1) is 11.3 Å². The number of fused-ring (bicyclic) bond motifs is 2. The first-order valence-corrected chi connectivity index (χ1v) is 15.7. The second-order valence-corrected chi connectivity index (χ2v) is 12.4. The Morgan fingerprint density at radius 3 is 2.64 bits per heavy atom. The number of likely N-dealkylation sites (N-methyl/N-ethyl adjacent to an activating group) is 1. The molecular formula is C33H32FN7O2S. The molecule has 2 aromatic carbocycles. The smallest absolute Gasteiger partial charge is 0.255 e. The molecule has 3 aliphatic heterocycles. The van der Waals surface area contributed by atoms with Gasteiger partial charge in [0.1, 0.15) is 5.82 Å². The van der Waals surface area contributed by atoms with Gasteiger partial charge in [-0.3, -0.25) is 19.8 Å². The van der Waals surface area contributed by atoms with E-state index in [9.17, 15) is 9.59 Å². The minimum Gasteiger partial charge on any atom is -0.334 e. The SMILES string of the molecule is CN1CCN(Cc2ccc(C#Cc3cc(F)c4c(c3)C(=O)N(C(C(=O)Nc3nccs3)c3ncn5c3CCC5)C4)cc2)CC1. The molecule has 11 heteroatoms. The Bertz CT molecular complexity index is 1770. The van der Waals surface area contributed by atoms with E-state index in [1.165, 1.54) is 27.9 Å². The van der Waals surface area contributed by atoms with Gasteiger partial charge in [0.25, 0.3) is 11.8 Å². The zero-order valence-electron chi connectivity index (χ0n) is 24.4. The third-order valence-electron chi connectivity index (χ3n) is 8.60. The van der Waals surface area contributed by atoms with Gasteiger partial charge >= 0.3 is 0 Å². The summed E-state index contributed by atoms with van der Waals surface area (Å²) in [5.74, 6) is 4.79. The van der Waals surface area contributed by atoms with Gasteiger partial charge in [-0.1, -0.05) is 24.0 Å². The molecule has 1 N–H and O–H groups in total. The van der Waals surface area contributed by atoms with E-state index in [2.05, 4.69) is 56.1 Å². The normalized spacial score (nSPS) is 17.2. The topological polar surface area (TPSA) is 86.6 Å². The number of hydrogen-bond acceptors (Lipinski definition) is 7. The van der Waals surface area contributed by atoms with Gasteiger partial charge in [0.05, 0.1) is 18.6 Å². The number of aromatic nitrogens is 3. The molecule has 0 bridgehead atoms. The van der Waals surface area contributed by atoms with Crippen LogP contribution in [0.2, 0.25) is 0 Å². The molecule has 0 radical (unpaired) electrons. The summed E-state index contributed by atoms with van der Waals surface area (Å²) in [5.41, 5.74) is 4.38. The number of carbonyl (C=O) groups excluding carboxylic acids is 2. The number of carbonyl (C=O) groups is 2. The quantitative estimate of drug-likeness (QED) is 0.334. The average Bonchev–Trinajstić information content (AvgIpc) is 3.82. The second kappa shape index (κ2) is 12.0. The summed E-state index contributed by atoms with van der Waals surface area (Å²) in [6, 6.07) is 10.1. The molecule has 1 unspecified atom stereocenters. The zero-order valence-corrected chi connectivity index (χ0v) is 25.2. The van der Waals surface area contributed by atoms with Crippen LogP contribution in [0.4, 0.5) is 9.52 Å². The number of thiazole rings is 1. The minimum atomic E-state index is -1.02. The lowest BCUT2D eigenvalue weighted by Crippen LogP contribution is -2.43. The maximum atomic E-state index is 15.5. The number of anilines is 1. The van der Waals surface area contributed by atoms with Crippen LogP contribution in [0.3, 0.4) is 0 Å². The van der Waals surface area contributed by atoms with Crippen molar-refractivity contribution in [1.82, 2.24) is 29.2 Å². The molecule has 1 saturated heterocycles. The fraction of sp³-hybridized carbons (Fsp3) is 0.333. The summed E-state index contributed by atoms with van der Waals surface area (Å²) >= 11 is 1.29. The Morgan fingerprint density at radius 1 is 1.07 bits per heavy atom. The highest BCUT2D eigenvalue weighted by Gasteiger charge is 2.42. The van der Waals surface area contributed by atoms with E-state index in [1.54, 1.807) is 24.0 Å². The molecule has 44 heavy (non-hydrogen) atoms. The van der Waals surface area contributed by atoms with E-state index < -0.39 is 23.7 Å². The van der Waals surface area contributed by atoms with E-state index in [-0.39, 0.29) is 17.7 Å². The van der Waals surface area contributed by atoms with Crippen LogP contribution in [-0.4, -0.2) is 74.3 Å². The molecule has 0 saturated carbocycles. The van der Waals surface area contributed by atoms with Crippen molar-refractivity contribution in [1.29, 1.82) is 0 Å². The van der Waals surface area contributed by atoms with Gasteiger partial charge in [0, 0.05) is 78.8 Å². The van der Waals surface area contributed by atoms with Gasteiger partial charge in [-0.05, 0) is 49.7 Å². The van der Waals surface area contributed by atoms with Crippen molar-refractivity contribution >= 4 is 28.3 Å². The summed E-state index contributed by atoms with van der Waals surface area (Å²) < 4.78 is 17.5. The van der Waals surface area contributed by atoms with Crippen LogP contribution < -0.4 is 5.32 Å². The zero-order chi connectivity index (χ0) is 30.2. The fourth-order valence-electron chi connectivity index (χ4n) is 6.17. The standard InChI is InChI=1S/C33H32FN7O2S/c1-38-12-14-39(15-13-38)19-23-7-4-22(5-8-23)6-9-24-17-25-26(27(34)18-24)20-41(32(25)43)30(31(42)37-33-35-10-16-44-33)29-28-3-2-11-40(28)21-36-29/h4-5,7-8,10,16-18,21,30H,2-3,11-15,19-20H2,1H3,(H,35,37,42). The highest BCUT2D eigenvalue weighted by atomic mass is 32.1. The molecule has 1 atom stereocenters. The number of benzene rings is 2. The number of nitrogens with one attached hydrogen (secondary N) is 1. The maximum Gasteiger partial charge on any atom is 0.255 e. The number of imidazole rings is 1. The van der Waals surface area contributed by atoms with Crippen molar-refractivity contribution in [3.8, 4) is 11.8 Å². The van der Waals surface area contributed by atoms with E-state index >= 15 is 4.39 Å². The first-order valence-electron chi connectivity index (χ1n) is 14.8. The molecule has 7 rings (SSSR count). The van der Waals surface area contributed by atoms with Crippen LogP contribution in [0.15, 0.2) is 54.3 Å². The van der Waals surface area contributed by atoms with Gasteiger partial charge in [0.15, 0.2) is 11.2 Å². The predicted molar refractivity (Wildman–Crippen MR) is 166 cm³/mol. The second-order valence-electron chi connectivity index (χ2n) is 11.5. The van der Waals surface area contributed by atoms with E-state index in [0.29, 0.717) is 16.4 Å². The molecule has 5 heterocycles. The lowest BCUT2D eigenvalue weighted by Gasteiger charge is -2.32. The summed E-state index contributed by atoms with van der Waals surface area (Å²) in [6.45, 7) is 5.94. The minimum absolute atomic E-state index is 0.0370. The number of nitrogens with zero attached hydrogens (tertiary/aromatic N) is 6. The Morgan fingerprint density at radius 2 is 1.86 bits per heavy atom. The van der Waals surface area contributed by atoms with E-state index in [1.807, 2.05) is 16.7 Å². The number of halogens is 1. The summed E-state index contributed by atoms with van der Waals surface area (Å²) in [4.78, 5) is 42.4. The summed E-state index contributed by atoms with van der Waals surface area (Å²) in [6.07, 6.45) is 5.01. The Hall–Kier alpha value is -4.37. The summed E-state index contributed by atoms with van der Waals surface area (Å²) in [7, 11) is 2.15. The van der Waals surface area contributed by atoms with Crippen molar-refractivity contribution in [2.75, 3.05) is 38.5 Å². The molecule has 224 valence electrons. The van der Waals surface area contributed by atoms with Crippen LogP contribution >= 0.6 is 11.3 Å². The Labute approximate surface area is 259 Å². The fourth-order valence-corrected chi connectivity index (χ4v) is 6.70. The van der Waals surface area contributed by atoms with Crippen molar-refractivity contribution in [2.45, 2.75) is 38.5 Å². The van der Waals surface area contributed by atoms with Crippen molar-refractivity contribution in [2.24, 2.45) is 0 Å². The number of rotatable bonds is 6. The lowest BCUT2D eigenvalue weighted by molar-refractivity contribution is -0.121.